The maximum Gasteiger partial charge on any atom is 0.342 e. The van der Waals surface area contributed by atoms with Crippen molar-refractivity contribution in [3.8, 4) is 0 Å². The molecular weight excluding hydrogens is 1020 g/mol. The fraction of sp³-hybridized carbons (Fsp3) is 0.688. The number of nitrogens with two attached hydrogens (primary N) is 1. The molecule has 0 saturated carbocycles. The molecule has 0 saturated heterocycles. The lowest BCUT2D eigenvalue weighted by atomic mass is 9.85. The molecular formula is C48H93ClNO17P4-. The van der Waals surface area contributed by atoms with Crippen LogP contribution in [0.5, 0.6) is 0 Å². The van der Waals surface area contributed by atoms with E-state index in [-0.39, 0.29) is 75.4 Å². The van der Waals surface area contributed by atoms with Gasteiger partial charge in [0, 0.05) is 38.9 Å². The SMILES string of the molecule is C.C.CC(C(=O)O)c1ccccc1.CCCP(=O)(OC)OC.CCCP(=O)([O-])OP(=O)(CCC)OP(=O)(O)CCC.COC(=O)[C@@H](CC(=O)[C@@H](C)c1ccccc1)C(C)C.COOC(C)CC(C)C.NCl. The summed E-state index contributed by atoms with van der Waals surface area (Å²) in [5.74, 6) is -1.18. The summed E-state index contributed by atoms with van der Waals surface area (Å²) < 4.78 is 69.9. The average molecular weight is 1120 g/mol. The zero-order chi connectivity index (χ0) is 54.4. The van der Waals surface area contributed by atoms with Gasteiger partial charge in [0.15, 0.2) is 0 Å². The molecule has 2 aromatic carbocycles. The number of carboxylic acid groups (broad SMARTS) is 1. The van der Waals surface area contributed by atoms with Gasteiger partial charge < -0.3 is 33.2 Å². The molecule has 0 bridgehead atoms. The molecule has 0 aromatic heterocycles. The molecule has 0 aliphatic carbocycles. The van der Waals surface area contributed by atoms with Crippen LogP contribution in [0.25, 0.3) is 0 Å². The van der Waals surface area contributed by atoms with Crippen LogP contribution in [0, 0.1) is 17.8 Å². The molecule has 2 rings (SSSR count). The number of aliphatic carboxylic acids is 1. The molecule has 2 aromatic rings. The number of carbonyl (C=O) groups excluding carboxylic acids is 2. The van der Waals surface area contributed by atoms with Crippen molar-refractivity contribution < 1.29 is 79.7 Å². The Morgan fingerprint density at radius 3 is 1.38 bits per heavy atom. The summed E-state index contributed by atoms with van der Waals surface area (Å²) in [4.78, 5) is 64.8. The number of carboxylic acids is 1. The van der Waals surface area contributed by atoms with E-state index >= 15 is 0 Å². The lowest BCUT2D eigenvalue weighted by Crippen LogP contribution is -2.26. The minimum absolute atomic E-state index is 0. The van der Waals surface area contributed by atoms with Gasteiger partial charge in [0.05, 0.1) is 44.5 Å². The first-order valence-corrected chi connectivity index (χ1v) is 30.2. The van der Waals surface area contributed by atoms with Gasteiger partial charge in [-0.15, -0.1) is 0 Å². The maximum absolute atomic E-state index is 12.3. The molecule has 0 fully saturated rings. The molecule has 420 valence electrons. The summed E-state index contributed by atoms with van der Waals surface area (Å²) in [6, 6.07) is 18.8. The van der Waals surface area contributed by atoms with Gasteiger partial charge in [-0.25, -0.2) is 19.3 Å². The van der Waals surface area contributed by atoms with Gasteiger partial charge in [-0.2, -0.15) is 0 Å². The predicted molar refractivity (Wildman–Crippen MR) is 287 cm³/mol. The van der Waals surface area contributed by atoms with Crippen LogP contribution in [-0.2, 0) is 64.8 Å². The quantitative estimate of drug-likeness (QED) is 0.0260. The number of ether oxygens (including phenoxy) is 1. The standard InChI is InChI=1S/C16H22O3.C9H23O7P3.C9H10O2.C7H16O2.C5H13O3P.2CH4.ClH2N/c1-11(2)14(16(18)19-4)10-15(17)12(3)13-8-6-5-7-9-13;1-4-7-17(10,11)15-19(14,9-6-3)16-18(12,13)8-5-2;1-7(9(10)11)8-5-3-2-4-6-8;1-6(2)5-7(3)9-8-4;1-4-5-9(6,7-2)8-3;;;1-2/h5-9,11-12,14H,10H2,1-4H3;4-9H2,1-3H3,(H,10,11)(H,12,13);2-7H,1H3,(H,10,11);6-7H,5H2,1-4H3;4-5H2,1-3H3;2*1H4;2H2/p-1/t12-,14-;;;;;;;/m0......./s1. The van der Waals surface area contributed by atoms with Crippen LogP contribution in [0.2, 0.25) is 0 Å². The van der Waals surface area contributed by atoms with Crippen molar-refractivity contribution in [3.63, 3.8) is 0 Å². The van der Waals surface area contributed by atoms with Crippen LogP contribution in [0.15, 0.2) is 60.7 Å². The number of methoxy groups -OCH3 is 1. The van der Waals surface area contributed by atoms with E-state index in [2.05, 4.69) is 53.4 Å². The largest absolute Gasteiger partial charge is 0.778 e. The van der Waals surface area contributed by atoms with E-state index < -0.39 is 42.3 Å². The molecule has 0 spiro atoms. The summed E-state index contributed by atoms with van der Waals surface area (Å²) >= 11 is 4.14. The van der Waals surface area contributed by atoms with Crippen LogP contribution >= 0.6 is 42.2 Å². The van der Waals surface area contributed by atoms with E-state index in [4.69, 9.17) is 14.7 Å². The minimum atomic E-state index is -4.32. The second-order valence-electron chi connectivity index (χ2n) is 16.2. The van der Waals surface area contributed by atoms with E-state index in [0.717, 1.165) is 24.0 Å². The molecule has 0 aliphatic heterocycles. The van der Waals surface area contributed by atoms with Crippen molar-refractivity contribution in [2.45, 2.75) is 147 Å². The van der Waals surface area contributed by atoms with Crippen LogP contribution in [0.4, 0.5) is 0 Å². The summed E-state index contributed by atoms with van der Waals surface area (Å²) in [5, 5.41) is 12.6. The Hall–Kier alpha value is -2.10. The topological polar surface area (TPSA) is 274 Å². The molecule has 0 heterocycles. The molecule has 0 amide bonds. The summed E-state index contributed by atoms with van der Waals surface area (Å²) in [7, 11) is -9.50. The highest BCUT2D eigenvalue weighted by atomic mass is 35.5. The number of Topliss-reactive ketones (excluding diaryl/α,β-unsaturated/α-hetero) is 1. The van der Waals surface area contributed by atoms with Gasteiger partial charge in [-0.3, -0.25) is 32.4 Å². The number of halogens is 1. The van der Waals surface area contributed by atoms with Crippen molar-refractivity contribution in [3.05, 3.63) is 71.8 Å². The molecule has 18 nitrogen and oxygen atoms in total. The number of rotatable bonds is 26. The zero-order valence-corrected chi connectivity index (χ0v) is 47.9. The van der Waals surface area contributed by atoms with E-state index in [1.165, 1.54) is 28.4 Å². The Morgan fingerprint density at radius 2 is 1.06 bits per heavy atom. The molecule has 5 unspecified atom stereocenters. The van der Waals surface area contributed by atoms with Gasteiger partial charge >= 0.3 is 34.7 Å². The highest BCUT2D eigenvalue weighted by Crippen LogP contribution is 2.68. The average Bonchev–Trinajstić information content (AvgIpc) is 3.28. The number of benzene rings is 2. The zero-order valence-electron chi connectivity index (χ0n) is 43.6. The fourth-order valence-electron chi connectivity index (χ4n) is 5.74. The number of esters is 1. The first-order chi connectivity index (χ1) is 32.1. The van der Waals surface area contributed by atoms with E-state index in [1.807, 2.05) is 95.3 Å². The Kier molecular flexibility index (Phi) is 51.2. The minimum Gasteiger partial charge on any atom is -0.778 e. The van der Waals surface area contributed by atoms with Gasteiger partial charge in [0.25, 0.3) is 0 Å². The Labute approximate surface area is 433 Å². The van der Waals surface area contributed by atoms with Crippen LogP contribution in [0.1, 0.15) is 153 Å². The van der Waals surface area contributed by atoms with Crippen molar-refractivity contribution in [2.75, 3.05) is 53.1 Å². The van der Waals surface area contributed by atoms with Crippen molar-refractivity contribution in [2.24, 2.45) is 23.0 Å². The first-order valence-electron chi connectivity index (χ1n) is 22.8. The number of hydrogen-bond donors (Lipinski definition) is 3. The predicted octanol–water partition coefficient (Wildman–Crippen LogP) is 13.5. The Bertz CT molecular complexity index is 1790. The normalized spacial score (nSPS) is 14.8. The third-order valence-corrected chi connectivity index (χ3v) is 18.4. The first kappa shape index (κ1) is 80.3. The van der Waals surface area contributed by atoms with Crippen LogP contribution in [0.3, 0.4) is 0 Å². The maximum atomic E-state index is 12.3. The summed E-state index contributed by atoms with van der Waals surface area (Å²) in [6.07, 6.45) is 3.10. The summed E-state index contributed by atoms with van der Waals surface area (Å²) in [6.45, 7) is 20.6. The lowest BCUT2D eigenvalue weighted by molar-refractivity contribution is -0.302. The molecule has 71 heavy (non-hydrogen) atoms. The highest BCUT2D eigenvalue weighted by molar-refractivity contribution is 7.71. The van der Waals surface area contributed by atoms with E-state index in [9.17, 15) is 42.4 Å². The molecule has 23 heteroatoms. The van der Waals surface area contributed by atoms with Gasteiger partial charge in [0.1, 0.15) is 13.4 Å². The number of ketones is 1. The highest BCUT2D eigenvalue weighted by Gasteiger charge is 2.36. The second-order valence-corrected chi connectivity index (χ2v) is 25.0. The third kappa shape index (κ3) is 40.9. The van der Waals surface area contributed by atoms with Crippen LogP contribution in [-0.4, -0.2) is 86.9 Å². The fourth-order valence-corrected chi connectivity index (χ4v) is 13.2. The molecule has 7 atom stereocenters. The summed E-state index contributed by atoms with van der Waals surface area (Å²) in [5.41, 5.74) is 1.83. The van der Waals surface area contributed by atoms with E-state index in [1.54, 1.807) is 27.7 Å². The third-order valence-electron chi connectivity index (χ3n) is 9.30. The van der Waals surface area contributed by atoms with E-state index in [0.29, 0.717) is 31.3 Å². The van der Waals surface area contributed by atoms with Crippen LogP contribution < -0.4 is 10.1 Å². The van der Waals surface area contributed by atoms with Crippen molar-refractivity contribution in [1.29, 1.82) is 0 Å². The Balaban J connectivity index is -0.000000190. The second kappa shape index (κ2) is 45.3. The number of carbonyl (C=O) groups is 3. The molecule has 0 radical (unpaired) electrons. The van der Waals surface area contributed by atoms with Gasteiger partial charge in [-0.05, 0) is 80.7 Å². The monoisotopic (exact) mass is 1110 g/mol. The van der Waals surface area contributed by atoms with Crippen molar-refractivity contribution in [1.82, 2.24) is 0 Å². The number of hydrogen-bond acceptors (Lipinski definition) is 16. The molecule has 0 aliphatic rings. The smallest absolute Gasteiger partial charge is 0.342 e. The lowest BCUT2D eigenvalue weighted by Gasteiger charge is -2.28. The Morgan fingerprint density at radius 1 is 0.648 bits per heavy atom. The van der Waals surface area contributed by atoms with Crippen molar-refractivity contribution >= 4 is 59.9 Å². The van der Waals surface area contributed by atoms with Gasteiger partial charge in [-0.1, -0.05) is 138 Å². The van der Waals surface area contributed by atoms with Gasteiger partial charge in [0.2, 0.25) is 0 Å². The molecule has 4 N–H and O–H groups in total.